The minimum absolute atomic E-state index is 0.0103. The highest BCUT2D eigenvalue weighted by atomic mass is 31.2. The van der Waals surface area contributed by atoms with E-state index in [2.05, 4.69) is 0 Å². The fourth-order valence-electron chi connectivity index (χ4n) is 7.62. The minimum atomic E-state index is -5.09. The molecule has 2 aliphatic carbocycles. The standard InChI is InChI=1S/C48H72O28P2/c1-10-69-73-77(53,74-70-11-2)39(78(54,75-71-12-3)76-72-13-4)25-38(50)64-28-37(49)48(68-32-63-24-20-58-8)26-34-41(36(27-48)65-29-60-21-17-55-5)47(67-31-62-23-19-57-7)43-42(46(34)66-30-61-22-18-56-6)44(51)33-15-14-16-35(59-9)40(33)45(43)52/h14-16,36,39H,10-13,17-32H2,1-9H3. The molecule has 2 unspecified atom stereocenters. The Bertz CT molecular complexity index is 2240. The maximum Gasteiger partial charge on any atom is 0.400 e. The fraction of sp³-hybridized carbons (Fsp3) is 0.667. The first-order chi connectivity index (χ1) is 37.7. The number of methoxy groups -OCH3 is 5. The molecule has 2 aliphatic rings. The number of hydrogen-bond donors (Lipinski definition) is 0. The third-order valence-corrected chi connectivity index (χ3v) is 15.9. The highest BCUT2D eigenvalue weighted by Gasteiger charge is 2.57. The second-order valence-corrected chi connectivity index (χ2v) is 20.6. The molecule has 0 N–H and O–H groups in total. The van der Waals surface area contributed by atoms with E-state index in [1.165, 1.54) is 81.4 Å². The van der Waals surface area contributed by atoms with Crippen molar-refractivity contribution in [3.05, 3.63) is 51.6 Å². The van der Waals surface area contributed by atoms with E-state index in [1.54, 1.807) is 0 Å². The number of esters is 1. The molecule has 2 atom stereocenters. The lowest BCUT2D eigenvalue weighted by atomic mass is 9.71. The second kappa shape index (κ2) is 35.0. The minimum Gasteiger partial charge on any atom is -0.496 e. The van der Waals surface area contributed by atoms with Crippen molar-refractivity contribution in [2.45, 2.75) is 64.1 Å². The molecular weight excluding hydrogens is 1090 g/mol. The molecule has 30 heteroatoms. The summed E-state index contributed by atoms with van der Waals surface area (Å²) in [6.07, 6.45) is -3.55. The maximum absolute atomic E-state index is 15.2. The molecule has 0 saturated heterocycles. The zero-order chi connectivity index (χ0) is 57.0. The average molecular weight is 1160 g/mol. The molecule has 2 aromatic carbocycles. The third kappa shape index (κ3) is 18.0. The van der Waals surface area contributed by atoms with Gasteiger partial charge >= 0.3 is 21.2 Å². The SMILES string of the molecule is CCOOP(=O)(OOCC)C(CC(=O)OCC(=O)C1(OCOCCOC)Cc2c(OCOCCOC)c3c(c(OCOCCOC)c2C(OCOCCOC)C1)C(=O)c1c(OC)cccc1C3=O)P(=O)(OOCC)OOCC. The molecule has 0 bridgehead atoms. The van der Waals surface area contributed by atoms with Gasteiger partial charge in [0.15, 0.2) is 31.4 Å². The van der Waals surface area contributed by atoms with Crippen molar-refractivity contribution in [1.82, 2.24) is 0 Å². The van der Waals surface area contributed by atoms with Crippen molar-refractivity contribution in [2.75, 3.05) is 149 Å². The van der Waals surface area contributed by atoms with Gasteiger partial charge in [-0.15, -0.1) is 18.7 Å². The van der Waals surface area contributed by atoms with E-state index in [0.29, 0.717) is 0 Å². The molecule has 0 amide bonds. The van der Waals surface area contributed by atoms with Gasteiger partial charge in [0, 0.05) is 58.0 Å². The fourth-order valence-corrected chi connectivity index (χ4v) is 11.7. The molecule has 442 valence electrons. The van der Waals surface area contributed by atoms with Crippen LogP contribution in [0.5, 0.6) is 17.2 Å². The third-order valence-electron chi connectivity index (χ3n) is 11.1. The highest BCUT2D eigenvalue weighted by molar-refractivity contribution is 7.72. The van der Waals surface area contributed by atoms with Gasteiger partial charge in [0.1, 0.15) is 36.4 Å². The number of hydrogen-bond acceptors (Lipinski definition) is 28. The van der Waals surface area contributed by atoms with Crippen LogP contribution in [-0.2, 0) is 115 Å². The number of Topliss-reactive ketones (excluding diaryl/α,β-unsaturated/α-hetero) is 1. The smallest absolute Gasteiger partial charge is 0.400 e. The number of benzene rings is 2. The Kier molecular flexibility index (Phi) is 29.9. The van der Waals surface area contributed by atoms with E-state index in [1.807, 2.05) is 0 Å². The van der Waals surface area contributed by atoms with E-state index >= 15 is 14.4 Å². The zero-order valence-electron chi connectivity index (χ0n) is 45.4. The van der Waals surface area contributed by atoms with Gasteiger partial charge in [-0.05, 0) is 33.8 Å². The van der Waals surface area contributed by atoms with Gasteiger partial charge in [0.2, 0.25) is 11.6 Å². The summed E-state index contributed by atoms with van der Waals surface area (Å²) < 4.78 is 129. The Labute approximate surface area is 451 Å². The predicted octanol–water partition coefficient (Wildman–Crippen LogP) is 5.56. The molecule has 0 aromatic heterocycles. The Hall–Kier alpha value is -3.94. The Morgan fingerprint density at radius 2 is 1.10 bits per heavy atom. The van der Waals surface area contributed by atoms with E-state index in [-0.39, 0.29) is 130 Å². The normalized spacial score (nSPS) is 16.3. The van der Waals surface area contributed by atoms with E-state index in [4.69, 9.17) is 105 Å². The summed E-state index contributed by atoms with van der Waals surface area (Å²) in [7, 11) is -2.97. The highest BCUT2D eigenvalue weighted by Crippen LogP contribution is 2.72. The molecule has 0 aliphatic heterocycles. The lowest BCUT2D eigenvalue weighted by Crippen LogP contribution is -2.51. The van der Waals surface area contributed by atoms with Crippen LogP contribution in [0.15, 0.2) is 18.2 Å². The van der Waals surface area contributed by atoms with Crippen LogP contribution in [0.1, 0.15) is 89.6 Å². The van der Waals surface area contributed by atoms with Crippen LogP contribution >= 0.6 is 15.2 Å². The summed E-state index contributed by atoms with van der Waals surface area (Å²) in [6.45, 7) is 2.51. The molecule has 0 saturated carbocycles. The molecular formula is C48H72O28P2. The summed E-state index contributed by atoms with van der Waals surface area (Å²) in [5.41, 5.74) is -2.66. The van der Waals surface area contributed by atoms with Crippen LogP contribution < -0.4 is 14.2 Å². The lowest BCUT2D eigenvalue weighted by Gasteiger charge is -2.42. The number of carbonyl (C=O) groups excluding carboxylic acids is 4. The molecule has 4 rings (SSSR count). The van der Waals surface area contributed by atoms with Gasteiger partial charge in [-0.25, -0.2) is 19.6 Å². The number of ether oxygens (including phenoxy) is 14. The largest absolute Gasteiger partial charge is 0.496 e. The van der Waals surface area contributed by atoms with Crippen LogP contribution in [0.4, 0.5) is 0 Å². The van der Waals surface area contributed by atoms with E-state index in [0.717, 1.165) is 0 Å². The van der Waals surface area contributed by atoms with Gasteiger partial charge < -0.3 is 66.3 Å². The zero-order valence-corrected chi connectivity index (χ0v) is 47.1. The van der Waals surface area contributed by atoms with Crippen molar-refractivity contribution in [3.63, 3.8) is 0 Å². The average Bonchev–Trinajstić information content (AvgIpc) is 3.44. The summed E-state index contributed by atoms with van der Waals surface area (Å²) in [5.74, 6) is -4.03. The van der Waals surface area contributed by atoms with Gasteiger partial charge in [-0.3, -0.25) is 28.3 Å². The predicted molar refractivity (Wildman–Crippen MR) is 265 cm³/mol. The number of carbonyl (C=O) groups is 4. The topological polar surface area (TPSA) is 305 Å². The Balaban J connectivity index is 1.98. The van der Waals surface area contributed by atoms with Gasteiger partial charge in [-0.1, -0.05) is 12.1 Å². The Morgan fingerprint density at radius 3 is 1.60 bits per heavy atom. The number of ketones is 3. The maximum atomic E-state index is 15.2. The Morgan fingerprint density at radius 1 is 0.615 bits per heavy atom. The van der Waals surface area contributed by atoms with Crippen molar-refractivity contribution in [3.8, 4) is 17.2 Å². The van der Waals surface area contributed by atoms with Gasteiger partial charge in [0.25, 0.3) is 0 Å². The summed E-state index contributed by atoms with van der Waals surface area (Å²) in [5, 5.41) is -2.29. The molecule has 0 spiro atoms. The van der Waals surface area contributed by atoms with Gasteiger partial charge in [-0.2, -0.15) is 0 Å². The van der Waals surface area contributed by atoms with Crippen molar-refractivity contribution < 1.29 is 133 Å². The second-order valence-electron chi connectivity index (χ2n) is 16.2. The van der Waals surface area contributed by atoms with Crippen LogP contribution in [0.2, 0.25) is 0 Å². The first kappa shape index (κ1) is 66.6. The van der Waals surface area contributed by atoms with Crippen molar-refractivity contribution in [2.24, 2.45) is 0 Å². The van der Waals surface area contributed by atoms with E-state index < -0.39 is 109 Å². The molecule has 78 heavy (non-hydrogen) atoms. The first-order valence-corrected chi connectivity index (χ1v) is 27.9. The summed E-state index contributed by atoms with van der Waals surface area (Å²) in [6, 6.07) is 4.50. The van der Waals surface area contributed by atoms with Crippen LogP contribution in [0.25, 0.3) is 0 Å². The van der Waals surface area contributed by atoms with E-state index in [9.17, 15) is 13.9 Å². The van der Waals surface area contributed by atoms with Crippen LogP contribution in [0.3, 0.4) is 0 Å². The molecule has 0 heterocycles. The molecule has 28 nitrogen and oxygen atoms in total. The number of rotatable bonds is 44. The van der Waals surface area contributed by atoms with Crippen molar-refractivity contribution in [1.29, 1.82) is 0 Å². The quantitative estimate of drug-likeness (QED) is 0.0167. The van der Waals surface area contributed by atoms with Crippen LogP contribution in [0, 0.1) is 0 Å². The molecule has 2 aromatic rings. The summed E-state index contributed by atoms with van der Waals surface area (Å²) >= 11 is 0. The van der Waals surface area contributed by atoms with Gasteiger partial charge in [0.05, 0.1) is 116 Å². The monoisotopic (exact) mass is 1160 g/mol. The number of fused-ring (bicyclic) bond motifs is 3. The van der Waals surface area contributed by atoms with Crippen LogP contribution in [-0.4, -0.2) is 183 Å². The molecule has 0 fully saturated rings. The summed E-state index contributed by atoms with van der Waals surface area (Å²) in [4.78, 5) is 79.3. The van der Waals surface area contributed by atoms with Crippen molar-refractivity contribution >= 4 is 38.5 Å². The lowest BCUT2D eigenvalue weighted by molar-refractivity contribution is -0.272. The first-order valence-electron chi connectivity index (χ1n) is 24.7. The molecule has 0 radical (unpaired) electrons.